The van der Waals surface area contributed by atoms with Crippen LogP contribution in [0.15, 0.2) is 53.3 Å². The van der Waals surface area contributed by atoms with E-state index in [1.54, 1.807) is 35.3 Å². The molecule has 0 aliphatic heterocycles. The normalized spacial score (nSPS) is 11.4. The Bertz CT molecular complexity index is 1350. The van der Waals surface area contributed by atoms with Crippen LogP contribution in [0.3, 0.4) is 0 Å². The van der Waals surface area contributed by atoms with E-state index in [0.717, 1.165) is 15.9 Å². The highest BCUT2D eigenvalue weighted by Gasteiger charge is 2.20. The van der Waals surface area contributed by atoms with Crippen molar-refractivity contribution in [1.29, 1.82) is 0 Å². The molecule has 5 rings (SSSR count). The molecule has 4 aromatic heterocycles. The molecule has 1 aromatic carbocycles. The second kappa shape index (κ2) is 6.28. The molecule has 0 unspecified atom stereocenters. The number of thiophene rings is 1. The summed E-state index contributed by atoms with van der Waals surface area (Å²) in [7, 11) is 0. The van der Waals surface area contributed by atoms with Gasteiger partial charge >= 0.3 is 0 Å². The molecule has 0 fully saturated rings. The molecule has 0 atom stereocenters. The zero-order chi connectivity index (χ0) is 19.3. The zero-order valence-electron chi connectivity index (χ0n) is 15.1. The minimum absolute atomic E-state index is 0.281. The van der Waals surface area contributed by atoms with Gasteiger partial charge in [0, 0.05) is 4.88 Å². The quantitative estimate of drug-likeness (QED) is 0.497. The van der Waals surface area contributed by atoms with E-state index in [9.17, 15) is 4.79 Å². The maximum absolute atomic E-state index is 13.2. The van der Waals surface area contributed by atoms with Gasteiger partial charge in [-0.15, -0.1) is 11.3 Å². The van der Waals surface area contributed by atoms with Crippen LogP contribution in [0.1, 0.15) is 20.9 Å². The van der Waals surface area contributed by atoms with Crippen molar-refractivity contribution in [3.05, 3.63) is 64.9 Å². The van der Waals surface area contributed by atoms with Crippen LogP contribution >= 0.6 is 11.3 Å². The number of hydrogen-bond donors (Lipinski definition) is 1. The first-order valence-electron chi connectivity index (χ1n) is 8.67. The first-order chi connectivity index (χ1) is 13.6. The first-order valence-corrected chi connectivity index (χ1v) is 9.49. The van der Waals surface area contributed by atoms with Crippen LogP contribution in [0.2, 0.25) is 0 Å². The van der Waals surface area contributed by atoms with Gasteiger partial charge in [0.2, 0.25) is 0 Å². The molecule has 0 aliphatic rings. The number of fused-ring (bicyclic) bond motifs is 2. The average molecular weight is 389 g/mol. The third kappa shape index (κ3) is 2.66. The Labute approximate surface area is 163 Å². The van der Waals surface area contributed by atoms with Crippen molar-refractivity contribution in [3.8, 4) is 10.6 Å². The summed E-state index contributed by atoms with van der Waals surface area (Å²) in [5.41, 5.74) is 6.63. The lowest BCUT2D eigenvalue weighted by atomic mass is 10.1. The van der Waals surface area contributed by atoms with Gasteiger partial charge in [-0.25, -0.2) is 14.6 Å². The fraction of sp³-hybridized carbons (Fsp3) is 0.100. The Hall–Kier alpha value is -3.52. The van der Waals surface area contributed by atoms with E-state index in [0.29, 0.717) is 28.1 Å². The molecule has 5 aromatic rings. The fourth-order valence-electron chi connectivity index (χ4n) is 3.19. The number of amides is 1. The number of nitrogens with zero attached hydrogens (tertiary/aromatic N) is 4. The summed E-state index contributed by atoms with van der Waals surface area (Å²) in [6.45, 7) is 3.83. The molecular weight excluding hydrogens is 374 g/mol. The van der Waals surface area contributed by atoms with Gasteiger partial charge in [-0.3, -0.25) is 10.2 Å². The van der Waals surface area contributed by atoms with Gasteiger partial charge in [-0.1, -0.05) is 17.3 Å². The monoisotopic (exact) mass is 389 g/mol. The molecule has 1 amide bonds. The Morgan fingerprint density at radius 3 is 2.86 bits per heavy atom. The second-order valence-corrected chi connectivity index (χ2v) is 7.75. The molecular formula is C20H15N5O2S. The van der Waals surface area contributed by atoms with Crippen LogP contribution in [0.25, 0.3) is 32.7 Å². The van der Waals surface area contributed by atoms with Crippen molar-refractivity contribution in [2.24, 2.45) is 0 Å². The Kier molecular flexibility index (Phi) is 3.73. The summed E-state index contributed by atoms with van der Waals surface area (Å²) in [5.74, 6) is -0.281. The maximum Gasteiger partial charge on any atom is 0.271 e. The molecule has 0 radical (unpaired) electrons. The predicted molar refractivity (Wildman–Crippen MR) is 108 cm³/mol. The summed E-state index contributed by atoms with van der Waals surface area (Å²) < 4.78 is 6.97. The van der Waals surface area contributed by atoms with Crippen LogP contribution in [0, 0.1) is 13.8 Å². The predicted octanol–water partition coefficient (Wildman–Crippen LogP) is 4.30. The number of imidazole rings is 1. The molecule has 8 heteroatoms. The molecule has 1 N–H and O–H groups in total. The number of pyridine rings is 1. The smallest absolute Gasteiger partial charge is 0.271 e. The molecule has 0 spiro atoms. The van der Waals surface area contributed by atoms with Crippen LogP contribution in [-0.4, -0.2) is 25.7 Å². The van der Waals surface area contributed by atoms with E-state index >= 15 is 0 Å². The van der Waals surface area contributed by atoms with Crippen molar-refractivity contribution in [1.82, 2.24) is 19.8 Å². The second-order valence-electron chi connectivity index (χ2n) is 6.46. The molecule has 4 heterocycles. The third-order valence-electron chi connectivity index (χ3n) is 4.53. The summed E-state index contributed by atoms with van der Waals surface area (Å²) in [6.07, 6.45) is 1.59. The number of aromatic nitrogens is 4. The fourth-order valence-corrected chi connectivity index (χ4v) is 4.02. The van der Waals surface area contributed by atoms with E-state index in [4.69, 9.17) is 4.52 Å². The van der Waals surface area contributed by atoms with E-state index in [2.05, 4.69) is 20.6 Å². The number of para-hydroxylation sites is 2. The molecule has 0 bridgehead atoms. The van der Waals surface area contributed by atoms with Gasteiger partial charge in [-0.05, 0) is 44.2 Å². The van der Waals surface area contributed by atoms with Crippen molar-refractivity contribution in [2.45, 2.75) is 13.8 Å². The lowest BCUT2D eigenvalue weighted by molar-refractivity contribution is 0.101. The highest BCUT2D eigenvalue weighted by molar-refractivity contribution is 7.15. The van der Waals surface area contributed by atoms with E-state index in [1.165, 1.54) is 4.88 Å². The standard InChI is InChI=1S/C20H15N5O2S/c1-11-7-8-17(28-11)15-9-13(18-12(2)24-27-20(18)22-15)19(26)23-25-10-21-14-5-3-4-6-16(14)25/h3-10H,1-2H3,(H,23,26). The highest BCUT2D eigenvalue weighted by Crippen LogP contribution is 2.31. The molecule has 28 heavy (non-hydrogen) atoms. The van der Waals surface area contributed by atoms with Crippen LogP contribution in [-0.2, 0) is 0 Å². The minimum Gasteiger partial charge on any atom is -0.335 e. The number of benzene rings is 1. The molecule has 7 nitrogen and oxygen atoms in total. The highest BCUT2D eigenvalue weighted by atomic mass is 32.1. The van der Waals surface area contributed by atoms with Gasteiger partial charge in [0.25, 0.3) is 11.6 Å². The number of aryl methyl sites for hydroxylation is 2. The van der Waals surface area contributed by atoms with Crippen molar-refractivity contribution in [3.63, 3.8) is 0 Å². The zero-order valence-corrected chi connectivity index (χ0v) is 15.9. The van der Waals surface area contributed by atoms with Crippen molar-refractivity contribution < 1.29 is 9.32 Å². The van der Waals surface area contributed by atoms with Gasteiger partial charge in [0.1, 0.15) is 6.33 Å². The molecule has 0 saturated carbocycles. The van der Waals surface area contributed by atoms with Crippen LogP contribution < -0.4 is 5.43 Å². The number of nitrogens with one attached hydrogen (secondary N) is 1. The van der Waals surface area contributed by atoms with Crippen LogP contribution in [0.5, 0.6) is 0 Å². The van der Waals surface area contributed by atoms with E-state index in [1.807, 2.05) is 43.3 Å². The lowest BCUT2D eigenvalue weighted by Gasteiger charge is -2.09. The molecule has 0 saturated heterocycles. The lowest BCUT2D eigenvalue weighted by Crippen LogP contribution is -2.22. The van der Waals surface area contributed by atoms with Crippen molar-refractivity contribution >= 4 is 39.4 Å². The Balaban J connectivity index is 1.62. The van der Waals surface area contributed by atoms with Crippen molar-refractivity contribution in [2.75, 3.05) is 5.43 Å². The summed E-state index contributed by atoms with van der Waals surface area (Å²) in [6, 6.07) is 13.4. The summed E-state index contributed by atoms with van der Waals surface area (Å²) >= 11 is 1.61. The summed E-state index contributed by atoms with van der Waals surface area (Å²) in [4.78, 5) is 24.2. The number of carbonyl (C=O) groups is 1. The minimum atomic E-state index is -0.281. The number of carbonyl (C=O) groups excluding carboxylic acids is 1. The van der Waals surface area contributed by atoms with E-state index in [-0.39, 0.29) is 5.91 Å². The van der Waals surface area contributed by atoms with Gasteiger partial charge in [-0.2, -0.15) is 0 Å². The largest absolute Gasteiger partial charge is 0.335 e. The SMILES string of the molecule is Cc1ccc(-c2cc(C(=O)Nn3cnc4ccccc43)c3c(C)noc3n2)s1. The van der Waals surface area contributed by atoms with E-state index < -0.39 is 0 Å². The molecule has 0 aliphatic carbocycles. The topological polar surface area (TPSA) is 85.8 Å². The Morgan fingerprint density at radius 2 is 2.04 bits per heavy atom. The Morgan fingerprint density at radius 1 is 1.18 bits per heavy atom. The maximum atomic E-state index is 13.2. The number of rotatable bonds is 3. The average Bonchev–Trinajstić information content (AvgIpc) is 3.41. The van der Waals surface area contributed by atoms with Crippen LogP contribution in [0.4, 0.5) is 0 Å². The van der Waals surface area contributed by atoms with Gasteiger partial charge < -0.3 is 4.52 Å². The third-order valence-corrected chi connectivity index (χ3v) is 5.55. The summed E-state index contributed by atoms with van der Waals surface area (Å²) in [5, 5.41) is 4.60. The first kappa shape index (κ1) is 16.6. The number of hydrogen-bond acceptors (Lipinski definition) is 6. The van der Waals surface area contributed by atoms with Gasteiger partial charge in [0.05, 0.1) is 38.2 Å². The van der Waals surface area contributed by atoms with Gasteiger partial charge in [0.15, 0.2) is 0 Å². The molecule has 138 valence electrons.